The number of hydrogen-bond donors (Lipinski definition) is 4. The SMILES string of the molecule is COc1c(NN)ncnc1NCCOC(N)=O. The van der Waals surface area contributed by atoms with Crippen molar-refractivity contribution in [3.05, 3.63) is 6.33 Å². The van der Waals surface area contributed by atoms with Crippen molar-refractivity contribution in [2.75, 3.05) is 31.0 Å². The number of rotatable bonds is 6. The van der Waals surface area contributed by atoms with Crippen LogP contribution in [0.25, 0.3) is 0 Å². The first kappa shape index (κ1) is 12.8. The van der Waals surface area contributed by atoms with E-state index in [4.69, 9.17) is 16.3 Å². The number of ether oxygens (including phenoxy) is 2. The molecule has 1 aromatic heterocycles. The molecular formula is C8H14N6O3. The number of carbonyl (C=O) groups excluding carboxylic acids is 1. The summed E-state index contributed by atoms with van der Waals surface area (Å²) in [6.45, 7) is 0.453. The van der Waals surface area contributed by atoms with Crippen molar-refractivity contribution in [1.82, 2.24) is 9.97 Å². The number of hydrazine groups is 1. The van der Waals surface area contributed by atoms with Crippen molar-refractivity contribution in [2.45, 2.75) is 0 Å². The molecule has 0 fully saturated rings. The molecular weight excluding hydrogens is 228 g/mol. The van der Waals surface area contributed by atoms with Gasteiger partial charge in [-0.15, -0.1) is 0 Å². The number of nitrogens with zero attached hydrogens (tertiary/aromatic N) is 2. The first-order chi connectivity index (χ1) is 8.19. The van der Waals surface area contributed by atoms with Gasteiger partial charge in [-0.05, 0) is 0 Å². The number of carbonyl (C=O) groups is 1. The van der Waals surface area contributed by atoms with Gasteiger partial charge < -0.3 is 25.9 Å². The van der Waals surface area contributed by atoms with E-state index in [1.165, 1.54) is 13.4 Å². The fourth-order valence-electron chi connectivity index (χ4n) is 1.12. The van der Waals surface area contributed by atoms with Crippen LogP contribution in [0.1, 0.15) is 0 Å². The summed E-state index contributed by atoms with van der Waals surface area (Å²) in [5.74, 6) is 6.41. The first-order valence-electron chi connectivity index (χ1n) is 4.70. The minimum Gasteiger partial charge on any atom is -0.490 e. The molecule has 1 aromatic rings. The van der Waals surface area contributed by atoms with Gasteiger partial charge in [0.25, 0.3) is 0 Å². The molecule has 1 rings (SSSR count). The van der Waals surface area contributed by atoms with E-state index in [0.717, 1.165) is 0 Å². The molecule has 0 spiro atoms. The highest BCUT2D eigenvalue weighted by atomic mass is 16.5. The van der Waals surface area contributed by atoms with Crippen LogP contribution in [0.4, 0.5) is 16.4 Å². The number of primary amides is 1. The smallest absolute Gasteiger partial charge is 0.404 e. The van der Waals surface area contributed by atoms with Crippen LogP contribution in [0.3, 0.4) is 0 Å². The number of anilines is 2. The van der Waals surface area contributed by atoms with Gasteiger partial charge >= 0.3 is 6.09 Å². The Morgan fingerprint density at radius 3 is 2.76 bits per heavy atom. The molecule has 0 aliphatic carbocycles. The van der Waals surface area contributed by atoms with Crippen LogP contribution >= 0.6 is 0 Å². The summed E-state index contributed by atoms with van der Waals surface area (Å²) >= 11 is 0. The number of nitrogens with one attached hydrogen (secondary N) is 2. The molecule has 9 heteroatoms. The van der Waals surface area contributed by atoms with Gasteiger partial charge in [0.15, 0.2) is 11.6 Å². The average Bonchev–Trinajstić information content (AvgIpc) is 2.33. The number of aromatic nitrogens is 2. The van der Waals surface area contributed by atoms with E-state index in [0.29, 0.717) is 23.9 Å². The van der Waals surface area contributed by atoms with Gasteiger partial charge in [0.2, 0.25) is 5.75 Å². The van der Waals surface area contributed by atoms with E-state index in [1.54, 1.807) is 0 Å². The van der Waals surface area contributed by atoms with Gasteiger partial charge in [0, 0.05) is 0 Å². The molecule has 9 nitrogen and oxygen atoms in total. The summed E-state index contributed by atoms with van der Waals surface area (Å²) < 4.78 is 9.63. The lowest BCUT2D eigenvalue weighted by molar-refractivity contribution is 0.161. The van der Waals surface area contributed by atoms with Crippen LogP contribution in [0.2, 0.25) is 0 Å². The highest BCUT2D eigenvalue weighted by Crippen LogP contribution is 2.27. The molecule has 0 bridgehead atoms. The van der Waals surface area contributed by atoms with Crippen LogP contribution in [-0.4, -0.2) is 36.3 Å². The largest absolute Gasteiger partial charge is 0.490 e. The Morgan fingerprint density at radius 2 is 2.18 bits per heavy atom. The summed E-state index contributed by atoms with van der Waals surface area (Å²) in [6.07, 6.45) is 0.486. The predicted molar refractivity (Wildman–Crippen MR) is 60.4 cm³/mol. The molecule has 94 valence electrons. The number of nitrogen functional groups attached to an aromatic ring is 1. The molecule has 6 N–H and O–H groups in total. The zero-order chi connectivity index (χ0) is 12.7. The van der Waals surface area contributed by atoms with Gasteiger partial charge in [-0.2, -0.15) is 0 Å². The molecule has 1 heterocycles. The minimum absolute atomic E-state index is 0.119. The average molecular weight is 242 g/mol. The Balaban J connectivity index is 2.60. The van der Waals surface area contributed by atoms with Crippen LogP contribution in [0.15, 0.2) is 6.33 Å². The van der Waals surface area contributed by atoms with Gasteiger partial charge in [0.05, 0.1) is 13.7 Å². The van der Waals surface area contributed by atoms with Crippen molar-refractivity contribution in [3.63, 3.8) is 0 Å². The number of nitrogens with two attached hydrogens (primary N) is 2. The fourth-order valence-corrected chi connectivity index (χ4v) is 1.12. The van der Waals surface area contributed by atoms with Crippen LogP contribution < -0.4 is 27.1 Å². The van der Waals surface area contributed by atoms with E-state index in [2.05, 4.69) is 25.4 Å². The fraction of sp³-hybridized carbons (Fsp3) is 0.375. The Hall–Kier alpha value is -2.29. The van der Waals surface area contributed by atoms with Gasteiger partial charge in [-0.25, -0.2) is 20.6 Å². The Kier molecular flexibility index (Phi) is 4.76. The van der Waals surface area contributed by atoms with Crippen molar-refractivity contribution in [3.8, 4) is 5.75 Å². The van der Waals surface area contributed by atoms with E-state index >= 15 is 0 Å². The summed E-state index contributed by atoms with van der Waals surface area (Å²) in [4.78, 5) is 18.2. The van der Waals surface area contributed by atoms with E-state index < -0.39 is 6.09 Å². The maximum Gasteiger partial charge on any atom is 0.404 e. The topological polar surface area (TPSA) is 137 Å². The molecule has 0 saturated heterocycles. The zero-order valence-corrected chi connectivity index (χ0v) is 9.27. The van der Waals surface area contributed by atoms with Crippen molar-refractivity contribution in [2.24, 2.45) is 11.6 Å². The molecule has 0 aromatic carbocycles. The molecule has 0 atom stereocenters. The third-order valence-corrected chi connectivity index (χ3v) is 1.78. The summed E-state index contributed by atoms with van der Waals surface area (Å²) in [7, 11) is 1.46. The van der Waals surface area contributed by atoms with Crippen molar-refractivity contribution < 1.29 is 14.3 Å². The monoisotopic (exact) mass is 242 g/mol. The Bertz CT molecular complexity index is 386. The van der Waals surface area contributed by atoms with Crippen molar-refractivity contribution in [1.29, 1.82) is 0 Å². The minimum atomic E-state index is -0.828. The molecule has 0 aliphatic rings. The molecule has 0 unspecified atom stereocenters. The second kappa shape index (κ2) is 6.33. The second-order valence-electron chi connectivity index (χ2n) is 2.84. The summed E-state index contributed by atoms with van der Waals surface area (Å²) in [5, 5.41) is 2.89. The molecule has 17 heavy (non-hydrogen) atoms. The maximum absolute atomic E-state index is 10.3. The third-order valence-electron chi connectivity index (χ3n) is 1.78. The summed E-state index contributed by atoms with van der Waals surface area (Å²) in [6, 6.07) is 0. The molecule has 0 radical (unpaired) electrons. The number of hydrogen-bond acceptors (Lipinski definition) is 8. The zero-order valence-electron chi connectivity index (χ0n) is 9.27. The maximum atomic E-state index is 10.3. The molecule has 1 amide bonds. The van der Waals surface area contributed by atoms with Crippen LogP contribution in [0, 0.1) is 0 Å². The third kappa shape index (κ3) is 3.65. The Labute approximate surface area is 97.5 Å². The molecule has 0 aliphatic heterocycles. The predicted octanol–water partition coefficient (Wildman–Crippen LogP) is -0.722. The lowest BCUT2D eigenvalue weighted by Gasteiger charge is -2.12. The lowest BCUT2D eigenvalue weighted by atomic mass is 10.4. The van der Waals surface area contributed by atoms with E-state index in [-0.39, 0.29) is 6.61 Å². The number of amides is 1. The van der Waals surface area contributed by atoms with Crippen LogP contribution in [-0.2, 0) is 4.74 Å². The molecule has 0 saturated carbocycles. The lowest BCUT2D eigenvalue weighted by Crippen LogP contribution is -2.19. The highest BCUT2D eigenvalue weighted by Gasteiger charge is 2.10. The Morgan fingerprint density at radius 1 is 1.47 bits per heavy atom. The highest BCUT2D eigenvalue weighted by molar-refractivity contribution is 5.65. The second-order valence-corrected chi connectivity index (χ2v) is 2.84. The van der Waals surface area contributed by atoms with E-state index in [1.807, 2.05) is 0 Å². The van der Waals surface area contributed by atoms with Gasteiger partial charge in [-0.3, -0.25) is 0 Å². The van der Waals surface area contributed by atoms with Crippen LogP contribution in [0.5, 0.6) is 5.75 Å². The number of methoxy groups -OCH3 is 1. The summed E-state index contributed by atoms with van der Waals surface area (Å²) in [5.41, 5.74) is 7.18. The van der Waals surface area contributed by atoms with Crippen molar-refractivity contribution >= 4 is 17.7 Å². The first-order valence-corrected chi connectivity index (χ1v) is 4.70. The van der Waals surface area contributed by atoms with E-state index in [9.17, 15) is 4.79 Å². The normalized spacial score (nSPS) is 9.53. The van der Waals surface area contributed by atoms with Gasteiger partial charge in [-0.1, -0.05) is 0 Å². The standard InChI is InChI=1S/C8H14N6O3/c1-16-5-6(11-2-3-17-8(9)15)12-4-13-7(5)14-10/h4H,2-3,10H2,1H3,(H2,9,15)(H2,11,12,13,14). The quantitative estimate of drug-likeness (QED) is 0.291. The van der Waals surface area contributed by atoms with Gasteiger partial charge in [0.1, 0.15) is 12.9 Å².